The summed E-state index contributed by atoms with van der Waals surface area (Å²) >= 11 is 6.05. The molecule has 5 heteroatoms. The monoisotopic (exact) mass is 271 g/mol. The molecule has 0 bridgehead atoms. The van der Waals surface area contributed by atoms with E-state index in [0.29, 0.717) is 11.5 Å². The normalized spacial score (nSPS) is 29.8. The lowest BCUT2D eigenvalue weighted by Crippen LogP contribution is -2.63. The summed E-state index contributed by atoms with van der Waals surface area (Å²) in [6.45, 7) is 5.36. The van der Waals surface area contributed by atoms with Crippen LogP contribution in [0, 0.1) is 0 Å². The highest BCUT2D eigenvalue weighted by Gasteiger charge is 2.49. The largest absolute Gasteiger partial charge is 0.461 e. The number of allylic oxidation sites excluding steroid dienone is 1. The van der Waals surface area contributed by atoms with Crippen LogP contribution in [-0.4, -0.2) is 35.0 Å². The third-order valence-electron chi connectivity index (χ3n) is 3.46. The first-order valence-electron chi connectivity index (χ1n) is 6.28. The standard InChI is InChI=1S/C13H18ClNO3/c1-7(2)18-13(17)12-10(8(3)14)5-4-9-6-11(16)15(9)12/h7,9,12H,4-6H2,1-3H3/b10-8+/t9-,12-/m1/s1. The van der Waals surface area contributed by atoms with Gasteiger partial charge in [-0.2, -0.15) is 0 Å². The molecular formula is C13H18ClNO3. The number of nitrogens with zero attached hydrogens (tertiary/aromatic N) is 1. The van der Waals surface area contributed by atoms with Crippen LogP contribution in [0.1, 0.15) is 40.0 Å². The van der Waals surface area contributed by atoms with Crippen LogP contribution in [0.4, 0.5) is 0 Å². The number of rotatable bonds is 2. The number of amides is 1. The Morgan fingerprint density at radius 1 is 1.50 bits per heavy atom. The SMILES string of the molecule is C/C(Cl)=C1/CC[C@@H]2CC(=O)N2[C@H]1C(=O)OC(C)C. The lowest BCUT2D eigenvalue weighted by atomic mass is 9.83. The lowest BCUT2D eigenvalue weighted by molar-refractivity contribution is -0.167. The van der Waals surface area contributed by atoms with E-state index in [2.05, 4.69) is 0 Å². The van der Waals surface area contributed by atoms with Crippen LogP contribution in [0.3, 0.4) is 0 Å². The van der Waals surface area contributed by atoms with Crippen molar-refractivity contribution >= 4 is 23.5 Å². The van der Waals surface area contributed by atoms with Crippen LogP contribution in [0.25, 0.3) is 0 Å². The molecule has 2 aliphatic heterocycles. The molecule has 2 aliphatic rings. The van der Waals surface area contributed by atoms with Crippen molar-refractivity contribution in [1.82, 2.24) is 4.90 Å². The summed E-state index contributed by atoms with van der Waals surface area (Å²) in [6, 6.07) is -0.424. The van der Waals surface area contributed by atoms with E-state index >= 15 is 0 Å². The Morgan fingerprint density at radius 3 is 2.67 bits per heavy atom. The van der Waals surface area contributed by atoms with E-state index < -0.39 is 6.04 Å². The van der Waals surface area contributed by atoms with Crippen molar-refractivity contribution < 1.29 is 14.3 Å². The molecule has 0 saturated carbocycles. The summed E-state index contributed by atoms with van der Waals surface area (Å²) in [5.74, 6) is -0.349. The Morgan fingerprint density at radius 2 is 2.17 bits per heavy atom. The van der Waals surface area contributed by atoms with Crippen molar-refractivity contribution in [3.8, 4) is 0 Å². The summed E-state index contributed by atoms with van der Waals surface area (Å²) in [5.41, 5.74) is 0.826. The highest BCUT2D eigenvalue weighted by atomic mass is 35.5. The van der Waals surface area contributed by atoms with Gasteiger partial charge in [0, 0.05) is 17.5 Å². The molecule has 0 aliphatic carbocycles. The number of piperidine rings is 1. The zero-order valence-corrected chi connectivity index (χ0v) is 11.7. The van der Waals surface area contributed by atoms with Crippen molar-refractivity contribution in [2.75, 3.05) is 0 Å². The highest BCUT2D eigenvalue weighted by molar-refractivity contribution is 6.29. The number of esters is 1. The van der Waals surface area contributed by atoms with E-state index in [1.165, 1.54) is 0 Å². The second-order valence-electron chi connectivity index (χ2n) is 5.14. The smallest absolute Gasteiger partial charge is 0.333 e. The third-order valence-corrected chi connectivity index (χ3v) is 3.71. The lowest BCUT2D eigenvalue weighted by Gasteiger charge is -2.49. The van der Waals surface area contributed by atoms with Crippen LogP contribution in [0.15, 0.2) is 10.6 Å². The van der Waals surface area contributed by atoms with Gasteiger partial charge in [0.25, 0.3) is 0 Å². The molecule has 0 aromatic rings. The molecule has 0 aromatic carbocycles. The second kappa shape index (κ2) is 4.92. The fourth-order valence-corrected chi connectivity index (χ4v) is 2.83. The average molecular weight is 272 g/mol. The fraction of sp³-hybridized carbons (Fsp3) is 0.692. The molecule has 4 nitrogen and oxygen atoms in total. The summed E-state index contributed by atoms with van der Waals surface area (Å²) in [5, 5.41) is 0.596. The Balaban J connectivity index is 2.26. The van der Waals surface area contributed by atoms with E-state index in [9.17, 15) is 9.59 Å². The molecular weight excluding hydrogens is 254 g/mol. The zero-order chi connectivity index (χ0) is 13.4. The van der Waals surface area contributed by atoms with Crippen LogP contribution in [-0.2, 0) is 14.3 Å². The molecule has 2 heterocycles. The van der Waals surface area contributed by atoms with Crippen LogP contribution in [0.2, 0.25) is 0 Å². The number of carbonyl (C=O) groups is 2. The van der Waals surface area contributed by atoms with Gasteiger partial charge in [0.15, 0.2) is 6.04 Å². The predicted molar refractivity (Wildman–Crippen MR) is 68.1 cm³/mol. The van der Waals surface area contributed by atoms with Gasteiger partial charge in [-0.25, -0.2) is 4.79 Å². The van der Waals surface area contributed by atoms with Crippen molar-refractivity contribution in [2.24, 2.45) is 0 Å². The van der Waals surface area contributed by atoms with E-state index in [0.717, 1.165) is 18.4 Å². The minimum absolute atomic E-state index is 0.0147. The van der Waals surface area contributed by atoms with Crippen molar-refractivity contribution in [3.63, 3.8) is 0 Å². The van der Waals surface area contributed by atoms with E-state index in [1.54, 1.807) is 25.7 Å². The first-order valence-corrected chi connectivity index (χ1v) is 6.66. The van der Waals surface area contributed by atoms with E-state index in [1.807, 2.05) is 0 Å². The molecule has 1 amide bonds. The third kappa shape index (κ3) is 2.26. The molecule has 2 fully saturated rings. The van der Waals surface area contributed by atoms with Gasteiger partial charge >= 0.3 is 5.97 Å². The maximum atomic E-state index is 12.1. The second-order valence-corrected chi connectivity index (χ2v) is 5.71. The molecule has 2 atom stereocenters. The molecule has 0 spiro atoms. The number of fused-ring (bicyclic) bond motifs is 1. The Hall–Kier alpha value is -1.03. The summed E-state index contributed by atoms with van der Waals surface area (Å²) < 4.78 is 5.25. The predicted octanol–water partition coefficient (Wildman–Crippen LogP) is 2.21. The van der Waals surface area contributed by atoms with E-state index in [-0.39, 0.29) is 24.0 Å². The maximum absolute atomic E-state index is 12.1. The number of hydrogen-bond donors (Lipinski definition) is 0. The van der Waals surface area contributed by atoms with Gasteiger partial charge < -0.3 is 9.64 Å². The number of carbonyl (C=O) groups excluding carboxylic acids is 2. The van der Waals surface area contributed by atoms with Crippen LogP contribution < -0.4 is 0 Å². The molecule has 0 aromatic heterocycles. The van der Waals surface area contributed by atoms with Crippen LogP contribution in [0.5, 0.6) is 0 Å². The molecule has 2 rings (SSSR count). The molecule has 2 saturated heterocycles. The van der Waals surface area contributed by atoms with Gasteiger partial charge in [-0.05, 0) is 39.2 Å². The quantitative estimate of drug-likeness (QED) is 0.571. The zero-order valence-electron chi connectivity index (χ0n) is 10.9. The summed E-state index contributed by atoms with van der Waals surface area (Å²) in [4.78, 5) is 25.5. The Kier molecular flexibility index (Phi) is 3.66. The van der Waals surface area contributed by atoms with Gasteiger partial charge in [0.2, 0.25) is 5.91 Å². The molecule has 18 heavy (non-hydrogen) atoms. The first-order chi connectivity index (χ1) is 8.41. The van der Waals surface area contributed by atoms with E-state index in [4.69, 9.17) is 16.3 Å². The number of halogens is 1. The summed E-state index contributed by atoms with van der Waals surface area (Å²) in [6.07, 6.45) is 2.00. The van der Waals surface area contributed by atoms with Crippen molar-refractivity contribution in [3.05, 3.63) is 10.6 Å². The molecule has 0 radical (unpaired) electrons. The van der Waals surface area contributed by atoms with Crippen molar-refractivity contribution in [2.45, 2.75) is 58.2 Å². The first kappa shape index (κ1) is 13.4. The van der Waals surface area contributed by atoms with Gasteiger partial charge in [0.05, 0.1) is 6.10 Å². The minimum Gasteiger partial charge on any atom is -0.461 e. The molecule has 0 N–H and O–H groups in total. The van der Waals surface area contributed by atoms with Crippen LogP contribution >= 0.6 is 11.6 Å². The average Bonchev–Trinajstić information content (AvgIpc) is 2.25. The van der Waals surface area contributed by atoms with Gasteiger partial charge in [0.1, 0.15) is 0 Å². The summed E-state index contributed by atoms with van der Waals surface area (Å²) in [7, 11) is 0. The highest BCUT2D eigenvalue weighted by Crippen LogP contribution is 2.38. The molecule has 0 unspecified atom stereocenters. The maximum Gasteiger partial charge on any atom is 0.333 e. The number of hydrogen-bond acceptors (Lipinski definition) is 3. The topological polar surface area (TPSA) is 46.6 Å². The molecule has 100 valence electrons. The number of β-lactam (4-membered cyclic amide) rings is 1. The van der Waals surface area contributed by atoms with Crippen molar-refractivity contribution in [1.29, 1.82) is 0 Å². The fourth-order valence-electron chi connectivity index (χ4n) is 2.63. The van der Waals surface area contributed by atoms with Gasteiger partial charge in [-0.1, -0.05) is 11.6 Å². The van der Waals surface area contributed by atoms with Gasteiger partial charge in [-0.3, -0.25) is 4.79 Å². The Bertz CT molecular complexity index is 412. The van der Waals surface area contributed by atoms with Gasteiger partial charge in [-0.15, -0.1) is 0 Å². The number of ether oxygens (including phenoxy) is 1. The Labute approximate surface area is 112 Å². The minimum atomic E-state index is -0.607.